The number of benzene rings is 1. The molecular weight excluding hydrogens is 548 g/mol. The van der Waals surface area contributed by atoms with Crippen molar-refractivity contribution in [2.45, 2.75) is 115 Å². The molecule has 3 N–H and O–H groups in total. The van der Waals surface area contributed by atoms with Crippen LogP contribution in [-0.4, -0.2) is 72.1 Å². The Labute approximate surface area is 255 Å². The molecule has 0 bridgehead atoms. The van der Waals surface area contributed by atoms with E-state index in [0.29, 0.717) is 17.8 Å². The van der Waals surface area contributed by atoms with E-state index in [9.17, 15) is 20.1 Å². The lowest BCUT2D eigenvalue weighted by molar-refractivity contribution is -0.305. The van der Waals surface area contributed by atoms with Crippen LogP contribution in [0.15, 0.2) is 29.8 Å². The maximum atomic E-state index is 13.4. The van der Waals surface area contributed by atoms with E-state index in [1.807, 2.05) is 12.1 Å². The first-order valence-electron chi connectivity index (χ1n) is 16.2. The van der Waals surface area contributed by atoms with Crippen molar-refractivity contribution in [2.24, 2.45) is 34.5 Å². The van der Waals surface area contributed by atoms with E-state index in [1.54, 1.807) is 28.1 Å². The Kier molecular flexibility index (Phi) is 8.25. The predicted octanol–water partition coefficient (Wildman–Crippen LogP) is 4.78. The molecule has 43 heavy (non-hydrogen) atoms. The smallest absolute Gasteiger partial charge is 0.186 e. The summed E-state index contributed by atoms with van der Waals surface area (Å²) in [4.78, 5) is 13.4. The minimum absolute atomic E-state index is 0.0556. The second-order valence-corrected chi connectivity index (χ2v) is 14.5. The number of hydrogen-bond donors (Lipinski definition) is 3. The molecule has 6 rings (SSSR count). The molecule has 0 spiro atoms. The number of ketones is 1. The molecule has 13 atom stereocenters. The normalized spacial score (nSPS) is 45.8. The summed E-state index contributed by atoms with van der Waals surface area (Å²) in [6.45, 7) is 8.27. The first-order chi connectivity index (χ1) is 20.4. The molecule has 0 amide bonds. The molecule has 0 unspecified atom stereocenters. The number of rotatable bonds is 6. The van der Waals surface area contributed by atoms with Gasteiger partial charge in [-0.1, -0.05) is 25.5 Å². The van der Waals surface area contributed by atoms with Crippen LogP contribution in [0, 0.1) is 34.5 Å². The standard InChI is InChI=1S/C35H50O8/c1-18(36)29-25(24-16-21(40-5)8-10-28(24)41-6)17-27-23-9-7-20-15-22(43-33-32(39)31(38)30(37)19(2)42-33)11-13-34(20,3)26(23)12-14-35(27,29)4/h7-8,10,16,19,22-23,25-27,29-33,37-39H,9,11-15,17H2,1-6H3/t19-,22-,23+,25-,26-,27-,29-,30+,31+,32-,33+,34-,35-/m0/s1. The first-order valence-corrected chi connectivity index (χ1v) is 16.2. The number of hydrogen-bond acceptors (Lipinski definition) is 8. The highest BCUT2D eigenvalue weighted by molar-refractivity contribution is 5.81. The minimum Gasteiger partial charge on any atom is -0.497 e. The van der Waals surface area contributed by atoms with E-state index in [2.05, 4.69) is 26.0 Å². The highest BCUT2D eigenvalue weighted by atomic mass is 16.7. The van der Waals surface area contributed by atoms with Crippen molar-refractivity contribution in [1.82, 2.24) is 0 Å². The molecule has 5 aliphatic rings. The molecule has 1 aromatic carbocycles. The van der Waals surface area contributed by atoms with Crippen LogP contribution in [0.4, 0.5) is 0 Å². The van der Waals surface area contributed by atoms with Crippen LogP contribution in [0.5, 0.6) is 11.5 Å². The van der Waals surface area contributed by atoms with Gasteiger partial charge in [-0.05, 0) is 111 Å². The maximum absolute atomic E-state index is 13.4. The minimum atomic E-state index is -1.29. The SMILES string of the molecule is COc1ccc(OC)c([C@@H]2C[C@H]3[C@@H]4CC=C5C[C@@H](O[C@H]6O[C@@H](C)[C@@H](O)[C@@H](O)[C@@H]6O)CC[C@]5(C)[C@H]4CC[C@]3(C)[C@H]2C(C)=O)c1. The Hall–Kier alpha value is -1.97. The monoisotopic (exact) mass is 598 g/mol. The molecule has 1 heterocycles. The van der Waals surface area contributed by atoms with Gasteiger partial charge in [0.25, 0.3) is 0 Å². The van der Waals surface area contributed by atoms with E-state index < -0.39 is 30.7 Å². The van der Waals surface area contributed by atoms with Crippen LogP contribution in [0.3, 0.4) is 0 Å². The zero-order valence-corrected chi connectivity index (χ0v) is 26.5. The Morgan fingerprint density at radius 1 is 1.00 bits per heavy atom. The van der Waals surface area contributed by atoms with E-state index in [-0.39, 0.29) is 34.6 Å². The van der Waals surface area contributed by atoms with Crippen molar-refractivity contribution in [3.05, 3.63) is 35.4 Å². The highest BCUT2D eigenvalue weighted by Crippen LogP contribution is 2.69. The zero-order valence-electron chi connectivity index (χ0n) is 26.5. The van der Waals surface area contributed by atoms with Crippen LogP contribution < -0.4 is 9.47 Å². The van der Waals surface area contributed by atoms with E-state index in [0.717, 1.165) is 62.0 Å². The molecule has 8 nitrogen and oxygen atoms in total. The summed E-state index contributed by atoms with van der Waals surface area (Å²) in [5.41, 5.74) is 2.52. The van der Waals surface area contributed by atoms with Crippen LogP contribution in [0.25, 0.3) is 0 Å². The third kappa shape index (κ3) is 4.96. The van der Waals surface area contributed by atoms with Gasteiger partial charge in [-0.25, -0.2) is 0 Å². The number of carbonyl (C=O) groups is 1. The van der Waals surface area contributed by atoms with Crippen molar-refractivity contribution in [3.8, 4) is 11.5 Å². The third-order valence-corrected chi connectivity index (χ3v) is 12.5. The number of Topliss-reactive ketones (excluding diaryl/α,β-unsaturated/α-hetero) is 1. The third-order valence-electron chi connectivity index (χ3n) is 12.5. The molecule has 1 saturated heterocycles. The molecule has 4 aliphatic carbocycles. The average Bonchev–Trinajstić information content (AvgIpc) is 3.32. The fourth-order valence-electron chi connectivity index (χ4n) is 10.3. The molecule has 3 saturated carbocycles. The van der Waals surface area contributed by atoms with Gasteiger partial charge >= 0.3 is 0 Å². The maximum Gasteiger partial charge on any atom is 0.186 e. The quantitative estimate of drug-likeness (QED) is 0.401. The molecular formula is C35H50O8. The van der Waals surface area contributed by atoms with Gasteiger partial charge < -0.3 is 34.3 Å². The zero-order chi connectivity index (χ0) is 30.8. The Balaban J connectivity index is 1.24. The van der Waals surface area contributed by atoms with Crippen LogP contribution in [0.2, 0.25) is 0 Å². The fraction of sp³-hybridized carbons (Fsp3) is 0.743. The summed E-state index contributed by atoms with van der Waals surface area (Å²) in [5, 5.41) is 30.9. The molecule has 1 aliphatic heterocycles. The van der Waals surface area contributed by atoms with Gasteiger partial charge in [0.05, 0.1) is 26.4 Å². The summed E-state index contributed by atoms with van der Waals surface area (Å²) in [7, 11) is 3.38. The number of methoxy groups -OCH3 is 2. The van der Waals surface area contributed by atoms with E-state index >= 15 is 0 Å². The summed E-state index contributed by atoms with van der Waals surface area (Å²) in [5.74, 6) is 3.41. The Morgan fingerprint density at radius 3 is 2.47 bits per heavy atom. The summed E-state index contributed by atoms with van der Waals surface area (Å²) < 4.78 is 23.4. The molecule has 8 heteroatoms. The van der Waals surface area contributed by atoms with Gasteiger partial charge in [-0.15, -0.1) is 0 Å². The topological polar surface area (TPSA) is 115 Å². The number of aliphatic hydroxyl groups is 3. The number of allylic oxidation sites excluding steroid dienone is 1. The van der Waals surface area contributed by atoms with E-state index in [4.69, 9.17) is 18.9 Å². The number of fused-ring (bicyclic) bond motifs is 5. The first kappa shape index (κ1) is 31.0. The van der Waals surface area contributed by atoms with Gasteiger partial charge in [-0.3, -0.25) is 4.79 Å². The van der Waals surface area contributed by atoms with Crippen molar-refractivity contribution in [1.29, 1.82) is 0 Å². The molecule has 0 aromatic heterocycles. The second kappa shape index (κ2) is 11.4. The lowest BCUT2D eigenvalue weighted by Crippen LogP contribution is -2.58. The second-order valence-electron chi connectivity index (χ2n) is 14.5. The predicted molar refractivity (Wildman–Crippen MR) is 161 cm³/mol. The van der Waals surface area contributed by atoms with Crippen LogP contribution >= 0.6 is 0 Å². The summed E-state index contributed by atoms with van der Waals surface area (Å²) >= 11 is 0. The van der Waals surface area contributed by atoms with Gasteiger partial charge in [0.2, 0.25) is 0 Å². The molecule has 1 aromatic rings. The molecule has 0 radical (unpaired) electrons. The summed E-state index contributed by atoms with van der Waals surface area (Å²) in [6.07, 6.45) is 3.78. The Morgan fingerprint density at radius 2 is 1.77 bits per heavy atom. The van der Waals surface area contributed by atoms with Gasteiger partial charge in [0.1, 0.15) is 35.6 Å². The summed E-state index contributed by atoms with van der Waals surface area (Å²) in [6, 6.07) is 5.97. The van der Waals surface area contributed by atoms with Crippen molar-refractivity contribution in [2.75, 3.05) is 14.2 Å². The largest absolute Gasteiger partial charge is 0.497 e. The van der Waals surface area contributed by atoms with Gasteiger partial charge in [0, 0.05) is 11.5 Å². The number of carbonyl (C=O) groups excluding carboxylic acids is 1. The molecule has 238 valence electrons. The van der Waals surface area contributed by atoms with Gasteiger partial charge in [0.15, 0.2) is 6.29 Å². The Bertz CT molecular complexity index is 1250. The lowest BCUT2D eigenvalue weighted by Gasteiger charge is -2.58. The number of ether oxygens (including phenoxy) is 4. The highest BCUT2D eigenvalue weighted by Gasteiger charge is 2.62. The van der Waals surface area contributed by atoms with Crippen LogP contribution in [0.1, 0.15) is 84.1 Å². The van der Waals surface area contributed by atoms with Gasteiger partial charge in [-0.2, -0.15) is 0 Å². The van der Waals surface area contributed by atoms with Crippen molar-refractivity contribution in [3.63, 3.8) is 0 Å². The number of aliphatic hydroxyl groups excluding tert-OH is 3. The van der Waals surface area contributed by atoms with Crippen molar-refractivity contribution < 1.29 is 39.1 Å². The van der Waals surface area contributed by atoms with Crippen molar-refractivity contribution >= 4 is 5.78 Å². The van der Waals surface area contributed by atoms with E-state index in [1.165, 1.54) is 5.57 Å². The molecule has 4 fully saturated rings. The fourth-order valence-corrected chi connectivity index (χ4v) is 10.3. The lowest BCUT2D eigenvalue weighted by atomic mass is 9.47. The van der Waals surface area contributed by atoms with Crippen LogP contribution in [-0.2, 0) is 14.3 Å². The average molecular weight is 599 g/mol.